The lowest BCUT2D eigenvalue weighted by Gasteiger charge is -2.13. The molecule has 2 aromatic heterocycles. The Morgan fingerprint density at radius 3 is 3.00 bits per heavy atom. The minimum Gasteiger partial charge on any atom is -0.481 e. The molecule has 0 aliphatic rings. The molecule has 0 spiro atoms. The highest BCUT2D eigenvalue weighted by atomic mass is 16.4. The summed E-state index contributed by atoms with van der Waals surface area (Å²) >= 11 is 0. The highest BCUT2D eigenvalue weighted by Crippen LogP contribution is 2.24. The molecule has 1 unspecified atom stereocenters. The SMILES string of the molecule is Cn1ccnc1C(CC(=O)O)c1ccc[nH]1. The number of aromatic nitrogens is 3. The second-order valence-corrected chi connectivity index (χ2v) is 3.67. The van der Waals surface area contributed by atoms with Gasteiger partial charge in [-0.25, -0.2) is 4.98 Å². The van der Waals surface area contributed by atoms with Crippen molar-refractivity contribution in [2.75, 3.05) is 0 Å². The van der Waals surface area contributed by atoms with Crippen molar-refractivity contribution < 1.29 is 9.90 Å². The number of imidazole rings is 1. The Kier molecular flexibility index (Phi) is 2.76. The molecule has 0 aliphatic heterocycles. The zero-order valence-corrected chi connectivity index (χ0v) is 8.92. The van der Waals surface area contributed by atoms with E-state index in [0.717, 1.165) is 11.5 Å². The largest absolute Gasteiger partial charge is 0.481 e. The van der Waals surface area contributed by atoms with Crippen LogP contribution in [0.15, 0.2) is 30.7 Å². The topological polar surface area (TPSA) is 70.9 Å². The van der Waals surface area contributed by atoms with Crippen molar-refractivity contribution in [3.63, 3.8) is 0 Å². The molecule has 84 valence electrons. The maximum atomic E-state index is 10.9. The van der Waals surface area contributed by atoms with Crippen LogP contribution in [-0.4, -0.2) is 25.6 Å². The Bertz CT molecular complexity index is 473. The van der Waals surface area contributed by atoms with Gasteiger partial charge >= 0.3 is 5.97 Å². The number of carboxylic acid groups (broad SMARTS) is 1. The summed E-state index contributed by atoms with van der Waals surface area (Å²) in [5.74, 6) is -0.306. The molecule has 5 nitrogen and oxygen atoms in total. The van der Waals surface area contributed by atoms with Gasteiger partial charge in [-0.2, -0.15) is 0 Å². The van der Waals surface area contributed by atoms with Crippen molar-refractivity contribution in [1.29, 1.82) is 0 Å². The molecule has 0 aromatic carbocycles. The van der Waals surface area contributed by atoms with Crippen LogP contribution in [0, 0.1) is 0 Å². The van der Waals surface area contributed by atoms with Crippen LogP contribution >= 0.6 is 0 Å². The Morgan fingerprint density at radius 1 is 1.69 bits per heavy atom. The fourth-order valence-corrected chi connectivity index (χ4v) is 1.79. The van der Waals surface area contributed by atoms with E-state index in [1.54, 1.807) is 12.4 Å². The van der Waals surface area contributed by atoms with Gasteiger partial charge in [0.05, 0.1) is 12.3 Å². The highest BCUT2D eigenvalue weighted by Gasteiger charge is 2.22. The first-order valence-electron chi connectivity index (χ1n) is 5.01. The van der Waals surface area contributed by atoms with Crippen molar-refractivity contribution in [3.8, 4) is 0 Å². The molecule has 5 heteroatoms. The van der Waals surface area contributed by atoms with Crippen LogP contribution < -0.4 is 0 Å². The van der Waals surface area contributed by atoms with E-state index in [1.165, 1.54) is 0 Å². The average molecular weight is 219 g/mol. The minimum absolute atomic E-state index is 0.0331. The standard InChI is InChI=1S/C11H13N3O2/c1-14-6-5-13-11(14)8(7-10(15)16)9-3-2-4-12-9/h2-6,8,12H,7H2,1H3,(H,15,16). The van der Waals surface area contributed by atoms with Gasteiger partial charge in [-0.15, -0.1) is 0 Å². The molecular formula is C11H13N3O2. The lowest BCUT2D eigenvalue weighted by Crippen LogP contribution is -2.12. The number of aromatic amines is 1. The lowest BCUT2D eigenvalue weighted by molar-refractivity contribution is -0.137. The van der Waals surface area contributed by atoms with Crippen LogP contribution in [0.3, 0.4) is 0 Å². The number of rotatable bonds is 4. The average Bonchev–Trinajstić information content (AvgIpc) is 2.84. The van der Waals surface area contributed by atoms with Crippen molar-refractivity contribution >= 4 is 5.97 Å². The van der Waals surface area contributed by atoms with Gasteiger partial charge in [0.25, 0.3) is 0 Å². The number of carbonyl (C=O) groups is 1. The van der Waals surface area contributed by atoms with Crippen molar-refractivity contribution in [1.82, 2.24) is 14.5 Å². The first-order valence-corrected chi connectivity index (χ1v) is 5.01. The summed E-state index contributed by atoms with van der Waals surface area (Å²) in [4.78, 5) is 18.1. The summed E-state index contributed by atoms with van der Waals surface area (Å²) in [7, 11) is 1.86. The fraction of sp³-hybridized carbons (Fsp3) is 0.273. The van der Waals surface area contributed by atoms with Crippen molar-refractivity contribution in [3.05, 3.63) is 42.2 Å². The van der Waals surface area contributed by atoms with Crippen LogP contribution in [0.25, 0.3) is 0 Å². The minimum atomic E-state index is -0.831. The summed E-state index contributed by atoms with van der Waals surface area (Å²) in [6, 6.07) is 3.73. The molecular weight excluding hydrogens is 206 g/mol. The summed E-state index contributed by atoms with van der Waals surface area (Å²) < 4.78 is 1.84. The molecule has 2 aromatic rings. The van der Waals surface area contributed by atoms with Gasteiger partial charge in [0, 0.05) is 31.3 Å². The van der Waals surface area contributed by atoms with E-state index in [-0.39, 0.29) is 12.3 Å². The Labute approximate surface area is 92.8 Å². The first-order chi connectivity index (χ1) is 7.68. The van der Waals surface area contributed by atoms with Crippen LogP contribution in [0.4, 0.5) is 0 Å². The number of hydrogen-bond acceptors (Lipinski definition) is 2. The number of carboxylic acids is 1. The molecule has 0 amide bonds. The second-order valence-electron chi connectivity index (χ2n) is 3.67. The van der Waals surface area contributed by atoms with E-state index in [1.807, 2.05) is 29.9 Å². The Balaban J connectivity index is 2.36. The van der Waals surface area contributed by atoms with Crippen LogP contribution in [0.1, 0.15) is 23.9 Å². The molecule has 0 bridgehead atoms. The van der Waals surface area contributed by atoms with E-state index in [4.69, 9.17) is 5.11 Å². The third kappa shape index (κ3) is 1.98. The quantitative estimate of drug-likeness (QED) is 0.815. The molecule has 1 atom stereocenters. The monoisotopic (exact) mass is 219 g/mol. The fourth-order valence-electron chi connectivity index (χ4n) is 1.79. The number of aliphatic carboxylic acids is 1. The maximum absolute atomic E-state index is 10.9. The van der Waals surface area contributed by atoms with Gasteiger partial charge in [-0.1, -0.05) is 0 Å². The van der Waals surface area contributed by atoms with Crippen LogP contribution in [0.2, 0.25) is 0 Å². The molecule has 16 heavy (non-hydrogen) atoms. The van der Waals surface area contributed by atoms with Gasteiger partial charge in [0.15, 0.2) is 0 Å². The first kappa shape index (κ1) is 10.5. The molecule has 2 heterocycles. The van der Waals surface area contributed by atoms with Crippen LogP contribution in [0.5, 0.6) is 0 Å². The number of nitrogens with zero attached hydrogens (tertiary/aromatic N) is 2. The third-order valence-electron chi connectivity index (χ3n) is 2.55. The zero-order chi connectivity index (χ0) is 11.5. The van der Waals surface area contributed by atoms with Gasteiger partial charge in [-0.3, -0.25) is 4.79 Å². The Morgan fingerprint density at radius 2 is 2.50 bits per heavy atom. The number of hydrogen-bond donors (Lipinski definition) is 2. The summed E-state index contributed by atoms with van der Waals surface area (Å²) in [6.07, 6.45) is 5.30. The van der Waals surface area contributed by atoms with Gasteiger partial charge in [0.1, 0.15) is 5.82 Å². The van der Waals surface area contributed by atoms with E-state index in [2.05, 4.69) is 9.97 Å². The molecule has 0 fully saturated rings. The summed E-state index contributed by atoms with van der Waals surface area (Å²) in [6.45, 7) is 0. The third-order valence-corrected chi connectivity index (χ3v) is 2.55. The van der Waals surface area contributed by atoms with Crippen molar-refractivity contribution in [2.24, 2.45) is 7.05 Å². The molecule has 0 saturated carbocycles. The second kappa shape index (κ2) is 4.22. The zero-order valence-electron chi connectivity index (χ0n) is 8.92. The van der Waals surface area contributed by atoms with Gasteiger partial charge in [0.2, 0.25) is 0 Å². The van der Waals surface area contributed by atoms with E-state index in [0.29, 0.717) is 0 Å². The van der Waals surface area contributed by atoms with Gasteiger partial charge < -0.3 is 14.7 Å². The molecule has 2 rings (SSSR count). The van der Waals surface area contributed by atoms with E-state index < -0.39 is 5.97 Å². The number of nitrogens with one attached hydrogen (secondary N) is 1. The summed E-state index contributed by atoms with van der Waals surface area (Å²) in [5, 5.41) is 8.92. The van der Waals surface area contributed by atoms with E-state index in [9.17, 15) is 4.79 Å². The predicted octanol–water partition coefficient (Wildman–Crippen LogP) is 1.35. The molecule has 0 saturated heterocycles. The lowest BCUT2D eigenvalue weighted by atomic mass is 10.0. The maximum Gasteiger partial charge on any atom is 0.304 e. The Hall–Kier alpha value is -2.04. The highest BCUT2D eigenvalue weighted by molar-refractivity contribution is 5.68. The molecule has 0 radical (unpaired) electrons. The number of H-pyrrole nitrogens is 1. The van der Waals surface area contributed by atoms with Crippen LogP contribution in [-0.2, 0) is 11.8 Å². The van der Waals surface area contributed by atoms with Crippen molar-refractivity contribution in [2.45, 2.75) is 12.3 Å². The predicted molar refractivity (Wildman–Crippen MR) is 58.1 cm³/mol. The summed E-state index contributed by atoms with van der Waals surface area (Å²) in [5.41, 5.74) is 0.872. The normalized spacial score (nSPS) is 12.6. The van der Waals surface area contributed by atoms with Gasteiger partial charge in [-0.05, 0) is 12.1 Å². The molecule has 2 N–H and O–H groups in total. The molecule has 0 aliphatic carbocycles. The van der Waals surface area contributed by atoms with E-state index >= 15 is 0 Å². The smallest absolute Gasteiger partial charge is 0.304 e. The number of aryl methyl sites for hydroxylation is 1.